The van der Waals surface area contributed by atoms with Crippen LogP contribution in [0.4, 0.5) is 0 Å². The van der Waals surface area contributed by atoms with Crippen LogP contribution in [0.2, 0.25) is 0 Å². The molecule has 0 bridgehead atoms. The first kappa shape index (κ1) is 18.5. The molecular weight excluding hydrogens is 292 g/mol. The minimum absolute atomic E-state index is 0.0835. The normalized spacial score (nSPS) is 24.4. The number of hydrogen-bond acceptors (Lipinski definition) is 4. The lowest BCUT2D eigenvalue weighted by atomic mass is 10.1. The SMILES string of the molecule is CCNC(=NCCCN1CCC(O)CC1)N1CCC(COC)C1. The van der Waals surface area contributed by atoms with Crippen LogP contribution in [0.5, 0.6) is 0 Å². The Labute approximate surface area is 140 Å². The second kappa shape index (κ2) is 10.1. The maximum atomic E-state index is 9.54. The Morgan fingerprint density at radius 3 is 2.74 bits per heavy atom. The standard InChI is InChI=1S/C17H34N4O2/c1-3-18-17(21-12-5-15(13-21)14-23-2)19-8-4-9-20-10-6-16(22)7-11-20/h15-16,22H,3-14H2,1-2H3,(H,18,19). The van der Waals surface area contributed by atoms with E-state index in [1.165, 1.54) is 6.42 Å². The van der Waals surface area contributed by atoms with Crippen molar-refractivity contribution in [1.82, 2.24) is 15.1 Å². The lowest BCUT2D eigenvalue weighted by molar-refractivity contribution is 0.0824. The van der Waals surface area contributed by atoms with Gasteiger partial charge in [0, 0.05) is 52.3 Å². The highest BCUT2D eigenvalue weighted by Gasteiger charge is 2.24. The molecule has 134 valence electrons. The summed E-state index contributed by atoms with van der Waals surface area (Å²) < 4.78 is 5.28. The Hall–Kier alpha value is -0.850. The lowest BCUT2D eigenvalue weighted by Gasteiger charge is -2.29. The lowest BCUT2D eigenvalue weighted by Crippen LogP contribution is -2.40. The average Bonchev–Trinajstić information content (AvgIpc) is 3.01. The molecule has 6 heteroatoms. The van der Waals surface area contributed by atoms with E-state index in [1.54, 1.807) is 7.11 Å². The Kier molecular flexibility index (Phi) is 8.12. The van der Waals surface area contributed by atoms with Crippen molar-refractivity contribution in [2.24, 2.45) is 10.9 Å². The number of nitrogens with one attached hydrogen (secondary N) is 1. The van der Waals surface area contributed by atoms with E-state index in [1.807, 2.05) is 0 Å². The minimum atomic E-state index is -0.0835. The Bertz CT molecular complexity index is 357. The van der Waals surface area contributed by atoms with Crippen molar-refractivity contribution in [3.05, 3.63) is 0 Å². The van der Waals surface area contributed by atoms with Gasteiger partial charge in [-0.05, 0) is 39.2 Å². The number of guanidine groups is 1. The van der Waals surface area contributed by atoms with Gasteiger partial charge in [0.2, 0.25) is 0 Å². The summed E-state index contributed by atoms with van der Waals surface area (Å²) in [6, 6.07) is 0. The zero-order valence-electron chi connectivity index (χ0n) is 14.8. The van der Waals surface area contributed by atoms with Crippen LogP contribution >= 0.6 is 0 Å². The maximum Gasteiger partial charge on any atom is 0.193 e. The summed E-state index contributed by atoms with van der Waals surface area (Å²) in [4.78, 5) is 9.61. The van der Waals surface area contributed by atoms with Crippen molar-refractivity contribution in [1.29, 1.82) is 0 Å². The molecule has 6 nitrogen and oxygen atoms in total. The zero-order valence-corrected chi connectivity index (χ0v) is 14.8. The molecule has 0 aliphatic carbocycles. The highest BCUT2D eigenvalue weighted by Crippen LogP contribution is 2.16. The summed E-state index contributed by atoms with van der Waals surface area (Å²) in [5, 5.41) is 13.0. The quantitative estimate of drug-likeness (QED) is 0.411. The topological polar surface area (TPSA) is 60.3 Å². The fourth-order valence-electron chi connectivity index (χ4n) is 3.44. The monoisotopic (exact) mass is 326 g/mol. The number of hydrogen-bond donors (Lipinski definition) is 2. The fraction of sp³-hybridized carbons (Fsp3) is 0.941. The van der Waals surface area contributed by atoms with Crippen molar-refractivity contribution in [2.75, 3.05) is 59.5 Å². The molecule has 2 N–H and O–H groups in total. The number of piperidine rings is 1. The first-order chi connectivity index (χ1) is 11.2. The predicted molar refractivity (Wildman–Crippen MR) is 93.8 cm³/mol. The van der Waals surface area contributed by atoms with E-state index < -0.39 is 0 Å². The van der Waals surface area contributed by atoms with Gasteiger partial charge in [-0.3, -0.25) is 4.99 Å². The number of aliphatic hydroxyl groups is 1. The summed E-state index contributed by atoms with van der Waals surface area (Å²) in [5.41, 5.74) is 0. The maximum absolute atomic E-state index is 9.54. The van der Waals surface area contributed by atoms with Gasteiger partial charge in [-0.15, -0.1) is 0 Å². The molecular formula is C17H34N4O2. The molecule has 0 radical (unpaired) electrons. The molecule has 23 heavy (non-hydrogen) atoms. The van der Waals surface area contributed by atoms with Gasteiger partial charge in [0.05, 0.1) is 12.7 Å². The summed E-state index contributed by atoms with van der Waals surface area (Å²) in [6.45, 7) is 10.00. The molecule has 0 aromatic carbocycles. The van der Waals surface area contributed by atoms with E-state index in [0.29, 0.717) is 5.92 Å². The third kappa shape index (κ3) is 6.28. The van der Waals surface area contributed by atoms with Crippen molar-refractivity contribution in [2.45, 2.75) is 38.7 Å². The van der Waals surface area contributed by atoms with Crippen molar-refractivity contribution in [3.63, 3.8) is 0 Å². The van der Waals surface area contributed by atoms with Crippen LogP contribution in [0.15, 0.2) is 4.99 Å². The second-order valence-corrected chi connectivity index (χ2v) is 6.72. The number of ether oxygens (including phenoxy) is 1. The summed E-state index contributed by atoms with van der Waals surface area (Å²) in [6.07, 6.45) is 4.02. The zero-order chi connectivity index (χ0) is 16.5. The average molecular weight is 326 g/mol. The molecule has 0 aromatic rings. The molecule has 2 heterocycles. The van der Waals surface area contributed by atoms with E-state index in [4.69, 9.17) is 9.73 Å². The first-order valence-electron chi connectivity index (χ1n) is 9.15. The van der Waals surface area contributed by atoms with Crippen LogP contribution in [0.1, 0.15) is 32.6 Å². The molecule has 1 atom stereocenters. The van der Waals surface area contributed by atoms with Crippen LogP contribution in [-0.2, 0) is 4.74 Å². The molecule has 0 aromatic heterocycles. The first-order valence-corrected chi connectivity index (χ1v) is 9.15. The number of likely N-dealkylation sites (tertiary alicyclic amines) is 2. The summed E-state index contributed by atoms with van der Waals surface area (Å²) in [7, 11) is 1.78. The molecule has 2 aliphatic heterocycles. The second-order valence-electron chi connectivity index (χ2n) is 6.72. The Balaban J connectivity index is 1.71. The van der Waals surface area contributed by atoms with Gasteiger partial charge < -0.3 is 25.0 Å². The smallest absolute Gasteiger partial charge is 0.193 e. The molecule has 1 unspecified atom stereocenters. The summed E-state index contributed by atoms with van der Waals surface area (Å²) in [5.74, 6) is 1.68. The molecule has 0 amide bonds. The number of methoxy groups -OCH3 is 1. The third-order valence-electron chi connectivity index (χ3n) is 4.77. The van der Waals surface area contributed by atoms with Crippen LogP contribution in [-0.4, -0.2) is 86.5 Å². The number of nitrogens with zero attached hydrogens (tertiary/aromatic N) is 3. The van der Waals surface area contributed by atoms with Gasteiger partial charge in [-0.1, -0.05) is 0 Å². The van der Waals surface area contributed by atoms with Crippen LogP contribution in [0.3, 0.4) is 0 Å². The van der Waals surface area contributed by atoms with E-state index in [9.17, 15) is 5.11 Å². The third-order valence-corrected chi connectivity index (χ3v) is 4.77. The molecule has 2 saturated heterocycles. The van der Waals surface area contributed by atoms with E-state index in [-0.39, 0.29) is 6.10 Å². The van der Waals surface area contributed by atoms with Gasteiger partial charge in [0.25, 0.3) is 0 Å². The van der Waals surface area contributed by atoms with Gasteiger partial charge in [-0.25, -0.2) is 0 Å². The van der Waals surface area contributed by atoms with Crippen LogP contribution in [0.25, 0.3) is 0 Å². The number of aliphatic imine (C=N–C) groups is 1. The van der Waals surface area contributed by atoms with Crippen LogP contribution < -0.4 is 5.32 Å². The van der Waals surface area contributed by atoms with E-state index in [0.717, 1.165) is 77.6 Å². The largest absolute Gasteiger partial charge is 0.393 e. The van der Waals surface area contributed by atoms with Gasteiger partial charge >= 0.3 is 0 Å². The molecule has 0 spiro atoms. The number of aliphatic hydroxyl groups excluding tert-OH is 1. The molecule has 2 rings (SSSR count). The number of rotatable bonds is 7. The Morgan fingerprint density at radius 1 is 1.26 bits per heavy atom. The predicted octanol–water partition coefficient (Wildman–Crippen LogP) is 0.767. The van der Waals surface area contributed by atoms with Crippen LogP contribution in [0, 0.1) is 5.92 Å². The van der Waals surface area contributed by atoms with Gasteiger partial charge in [0.1, 0.15) is 0 Å². The highest BCUT2D eigenvalue weighted by atomic mass is 16.5. The van der Waals surface area contributed by atoms with Gasteiger partial charge in [-0.2, -0.15) is 0 Å². The molecule has 2 aliphatic rings. The highest BCUT2D eigenvalue weighted by molar-refractivity contribution is 5.80. The fourth-order valence-corrected chi connectivity index (χ4v) is 3.44. The summed E-state index contributed by atoms with van der Waals surface area (Å²) >= 11 is 0. The van der Waals surface area contributed by atoms with Crippen molar-refractivity contribution < 1.29 is 9.84 Å². The van der Waals surface area contributed by atoms with E-state index >= 15 is 0 Å². The van der Waals surface area contributed by atoms with Crippen molar-refractivity contribution >= 4 is 5.96 Å². The minimum Gasteiger partial charge on any atom is -0.393 e. The Morgan fingerprint density at radius 2 is 2.04 bits per heavy atom. The van der Waals surface area contributed by atoms with Crippen molar-refractivity contribution in [3.8, 4) is 0 Å². The molecule has 0 saturated carbocycles. The molecule has 2 fully saturated rings. The van der Waals surface area contributed by atoms with E-state index in [2.05, 4.69) is 22.0 Å². The van der Waals surface area contributed by atoms with Gasteiger partial charge in [0.15, 0.2) is 5.96 Å².